The highest BCUT2D eigenvalue weighted by atomic mass is 32.1. The monoisotopic (exact) mass is 445 g/mol. The van der Waals surface area contributed by atoms with E-state index in [4.69, 9.17) is 9.47 Å². The number of thiophene rings is 1. The fraction of sp³-hybridized carbons (Fsp3) is 0.643. The minimum Gasteiger partial charge on any atom is -0.485 e. The van der Waals surface area contributed by atoms with E-state index in [0.717, 1.165) is 0 Å². The van der Waals surface area contributed by atoms with Crippen LogP contribution in [0.15, 0.2) is 10.8 Å². The minimum atomic E-state index is -6.97. The molecule has 1 aliphatic rings. The number of alkyl halides is 9. The summed E-state index contributed by atoms with van der Waals surface area (Å²) in [4.78, 5) is 11.5. The van der Waals surface area contributed by atoms with Crippen LogP contribution in [0.5, 0.6) is 11.5 Å². The van der Waals surface area contributed by atoms with Crippen molar-refractivity contribution in [2.24, 2.45) is 0 Å². The molecule has 1 atom stereocenters. The van der Waals surface area contributed by atoms with Gasteiger partial charge in [-0.3, -0.25) is 4.79 Å². The summed E-state index contributed by atoms with van der Waals surface area (Å²) in [5.41, 5.74) is 0. The Morgan fingerprint density at radius 2 is 1.64 bits per heavy atom. The minimum absolute atomic E-state index is 0.0178. The molecule has 2 heterocycles. The van der Waals surface area contributed by atoms with E-state index in [1.54, 1.807) is 10.8 Å². The summed E-state index contributed by atoms with van der Waals surface area (Å²) in [7, 11) is 0. The number of hydrogen-bond donors (Lipinski definition) is 1. The van der Waals surface area contributed by atoms with E-state index >= 15 is 0 Å². The second-order valence-corrected chi connectivity index (χ2v) is 6.55. The third kappa shape index (κ3) is 4.25. The highest BCUT2D eigenvalue weighted by Gasteiger charge is 2.81. The van der Waals surface area contributed by atoms with E-state index in [1.807, 2.05) is 5.32 Å². The molecule has 0 fully saturated rings. The molecule has 0 bridgehead atoms. The highest BCUT2D eigenvalue weighted by molar-refractivity contribution is 7.08. The van der Waals surface area contributed by atoms with Gasteiger partial charge in [0.05, 0.1) is 6.54 Å². The molecule has 1 N–H and O–H groups in total. The molecule has 4 nitrogen and oxygen atoms in total. The molecule has 0 saturated heterocycles. The van der Waals surface area contributed by atoms with Crippen LogP contribution in [0.3, 0.4) is 0 Å². The number of fused-ring (bicyclic) bond motifs is 1. The molecule has 1 aromatic rings. The van der Waals surface area contributed by atoms with E-state index in [0.29, 0.717) is 11.5 Å². The van der Waals surface area contributed by atoms with Crippen LogP contribution in [0, 0.1) is 0 Å². The molecule has 1 amide bonds. The van der Waals surface area contributed by atoms with Crippen molar-refractivity contribution in [1.29, 1.82) is 0 Å². The average molecular weight is 445 g/mol. The number of rotatable bonds is 7. The molecular weight excluding hydrogens is 433 g/mol. The van der Waals surface area contributed by atoms with Crippen LogP contribution in [0.2, 0.25) is 0 Å². The van der Waals surface area contributed by atoms with Crippen molar-refractivity contribution in [3.63, 3.8) is 0 Å². The molecule has 28 heavy (non-hydrogen) atoms. The van der Waals surface area contributed by atoms with Crippen LogP contribution in [0.1, 0.15) is 12.8 Å². The second kappa shape index (κ2) is 7.52. The molecule has 0 spiro atoms. The summed E-state index contributed by atoms with van der Waals surface area (Å²) < 4.78 is 125. The molecule has 1 aliphatic heterocycles. The Bertz CT molecular complexity index is 704. The number of ether oxygens (including phenoxy) is 2. The Kier molecular flexibility index (Phi) is 6.02. The number of carbonyl (C=O) groups is 1. The van der Waals surface area contributed by atoms with Gasteiger partial charge in [0.25, 0.3) is 0 Å². The van der Waals surface area contributed by atoms with Crippen LogP contribution >= 0.6 is 11.3 Å². The number of hydrogen-bond acceptors (Lipinski definition) is 4. The predicted octanol–water partition coefficient (Wildman–Crippen LogP) is 4.25. The van der Waals surface area contributed by atoms with Crippen LogP contribution < -0.4 is 14.8 Å². The molecule has 0 saturated carbocycles. The van der Waals surface area contributed by atoms with E-state index in [2.05, 4.69) is 0 Å². The van der Waals surface area contributed by atoms with Crippen LogP contribution in [0.4, 0.5) is 39.5 Å². The molecular formula is C14H12F9NO3S. The van der Waals surface area contributed by atoms with Crippen molar-refractivity contribution in [3.8, 4) is 11.5 Å². The summed E-state index contributed by atoms with van der Waals surface area (Å²) >= 11 is 1.27. The lowest BCUT2D eigenvalue weighted by Crippen LogP contribution is -2.61. The summed E-state index contributed by atoms with van der Waals surface area (Å²) in [6.45, 7) is -0.301. The first-order valence-corrected chi connectivity index (χ1v) is 8.46. The van der Waals surface area contributed by atoms with Gasteiger partial charge in [0, 0.05) is 23.6 Å². The van der Waals surface area contributed by atoms with E-state index in [9.17, 15) is 44.3 Å². The normalized spacial score (nSPS) is 18.1. The average Bonchev–Trinajstić information content (AvgIpc) is 3.04. The zero-order valence-electron chi connectivity index (χ0n) is 13.6. The van der Waals surface area contributed by atoms with E-state index in [-0.39, 0.29) is 13.2 Å². The highest BCUT2D eigenvalue weighted by Crippen LogP contribution is 2.54. The maximum absolute atomic E-state index is 13.4. The second-order valence-electron chi connectivity index (χ2n) is 5.81. The Morgan fingerprint density at radius 1 is 1.04 bits per heavy atom. The van der Waals surface area contributed by atoms with Crippen molar-refractivity contribution >= 4 is 17.2 Å². The van der Waals surface area contributed by atoms with Crippen LogP contribution in [-0.4, -0.2) is 49.1 Å². The first kappa shape index (κ1) is 22.4. The summed E-state index contributed by atoms with van der Waals surface area (Å²) in [5.74, 6) is -19.9. The lowest BCUT2D eigenvalue weighted by atomic mass is 9.99. The number of halogens is 9. The van der Waals surface area contributed by atoms with Crippen molar-refractivity contribution in [1.82, 2.24) is 5.32 Å². The molecule has 160 valence electrons. The van der Waals surface area contributed by atoms with Crippen molar-refractivity contribution in [2.75, 3.05) is 13.2 Å². The first-order valence-electron chi connectivity index (χ1n) is 7.51. The van der Waals surface area contributed by atoms with E-state index in [1.165, 1.54) is 11.3 Å². The summed E-state index contributed by atoms with van der Waals surface area (Å²) in [6.07, 6.45) is -11.2. The zero-order chi connectivity index (χ0) is 21.4. The third-order valence-electron chi connectivity index (χ3n) is 3.71. The molecule has 0 radical (unpaired) electrons. The van der Waals surface area contributed by atoms with Gasteiger partial charge in [0.1, 0.15) is 12.7 Å². The molecule has 1 aromatic heterocycles. The largest absolute Gasteiger partial charge is 0.485 e. The van der Waals surface area contributed by atoms with Gasteiger partial charge in [0.2, 0.25) is 5.91 Å². The van der Waals surface area contributed by atoms with Gasteiger partial charge in [-0.2, -0.15) is 39.5 Å². The molecule has 0 aliphatic carbocycles. The van der Waals surface area contributed by atoms with Crippen LogP contribution in [-0.2, 0) is 4.79 Å². The Labute approximate surface area is 155 Å². The van der Waals surface area contributed by atoms with Gasteiger partial charge in [-0.25, -0.2) is 0 Å². The fourth-order valence-electron chi connectivity index (χ4n) is 2.11. The van der Waals surface area contributed by atoms with Gasteiger partial charge in [-0.1, -0.05) is 0 Å². The number of amides is 1. The van der Waals surface area contributed by atoms with Crippen molar-refractivity contribution < 1.29 is 53.8 Å². The standard InChI is InChI=1S/C14H12F9NO3S/c15-11(16,12(17,18)13(19,20)14(21,22)23)2-1-10(25)24-3-7-4-26-8-5-28-6-9(8)27-7/h5-7H,1-4H2,(H,24,25). The lowest BCUT2D eigenvalue weighted by Gasteiger charge is -2.33. The maximum Gasteiger partial charge on any atom is 0.460 e. The topological polar surface area (TPSA) is 47.6 Å². The van der Waals surface area contributed by atoms with Gasteiger partial charge < -0.3 is 14.8 Å². The van der Waals surface area contributed by atoms with Crippen LogP contribution in [0.25, 0.3) is 0 Å². The Morgan fingerprint density at radius 3 is 2.25 bits per heavy atom. The third-order valence-corrected chi connectivity index (χ3v) is 4.41. The molecule has 0 aromatic carbocycles. The first-order chi connectivity index (χ1) is 12.7. The SMILES string of the molecule is O=C(CCC(F)(F)C(F)(F)C(F)(F)C(F)(F)F)NCC1COc2cscc2O1. The predicted molar refractivity (Wildman–Crippen MR) is 77.4 cm³/mol. The molecule has 14 heteroatoms. The fourth-order valence-corrected chi connectivity index (χ4v) is 2.78. The summed E-state index contributed by atoms with van der Waals surface area (Å²) in [6, 6.07) is 0. The van der Waals surface area contributed by atoms with Gasteiger partial charge in [0.15, 0.2) is 11.5 Å². The number of nitrogens with one attached hydrogen (secondary N) is 1. The van der Waals surface area contributed by atoms with Gasteiger partial charge >= 0.3 is 23.9 Å². The van der Waals surface area contributed by atoms with Gasteiger partial charge in [-0.05, 0) is 0 Å². The zero-order valence-corrected chi connectivity index (χ0v) is 14.4. The maximum atomic E-state index is 13.4. The lowest BCUT2D eigenvalue weighted by molar-refractivity contribution is -0.396. The number of carbonyl (C=O) groups excluding carboxylic acids is 1. The van der Waals surface area contributed by atoms with Crippen molar-refractivity contribution in [2.45, 2.75) is 42.9 Å². The summed E-state index contributed by atoms with van der Waals surface area (Å²) in [5, 5.41) is 5.27. The molecule has 1 unspecified atom stereocenters. The quantitative estimate of drug-likeness (QED) is 0.639. The smallest absolute Gasteiger partial charge is 0.460 e. The Hall–Kier alpha value is -1.86. The Balaban J connectivity index is 1.87. The van der Waals surface area contributed by atoms with Gasteiger partial charge in [-0.15, -0.1) is 11.3 Å². The molecule has 2 rings (SSSR count). The van der Waals surface area contributed by atoms with E-state index < -0.39 is 48.8 Å². The van der Waals surface area contributed by atoms with Crippen molar-refractivity contribution in [3.05, 3.63) is 10.8 Å².